The number of aromatic nitrogens is 2. The van der Waals surface area contributed by atoms with Crippen molar-refractivity contribution in [1.29, 1.82) is 0 Å². The summed E-state index contributed by atoms with van der Waals surface area (Å²) >= 11 is 0. The zero-order valence-corrected chi connectivity index (χ0v) is 10.2. The molecule has 2 rings (SSSR count). The van der Waals surface area contributed by atoms with Crippen LogP contribution in [0, 0.1) is 5.82 Å². The predicted molar refractivity (Wildman–Crippen MR) is 69.0 cm³/mol. The molecule has 1 aromatic heterocycles. The van der Waals surface area contributed by atoms with Crippen LogP contribution in [0.25, 0.3) is 0 Å². The second-order valence-corrected chi connectivity index (χ2v) is 3.79. The van der Waals surface area contributed by atoms with E-state index in [9.17, 15) is 4.39 Å². The third kappa shape index (κ3) is 2.46. The van der Waals surface area contributed by atoms with E-state index in [1.165, 1.54) is 6.07 Å². The number of hydrogen-bond donors (Lipinski definition) is 1. The molecule has 4 nitrogen and oxygen atoms in total. The van der Waals surface area contributed by atoms with Gasteiger partial charge in [0.2, 0.25) is 5.95 Å². The van der Waals surface area contributed by atoms with Crippen LogP contribution < -0.4 is 10.6 Å². The average molecular weight is 246 g/mol. The third-order valence-corrected chi connectivity index (χ3v) is 2.63. The fraction of sp³-hybridized carbons (Fsp3) is 0.231. The maximum Gasteiger partial charge on any atom is 0.229 e. The Hall–Kier alpha value is -2.01. The summed E-state index contributed by atoms with van der Waals surface area (Å²) in [5, 5.41) is 0. The lowest BCUT2D eigenvalue weighted by molar-refractivity contribution is 0.624. The first-order chi connectivity index (χ1) is 8.76. The summed E-state index contributed by atoms with van der Waals surface area (Å²) in [6, 6.07) is 6.58. The molecule has 94 valence electrons. The molecule has 5 heteroatoms. The molecule has 0 fully saturated rings. The average Bonchev–Trinajstić information content (AvgIpc) is 2.42. The number of nitrogens with zero attached hydrogens (tertiary/aromatic N) is 3. The molecule has 0 atom stereocenters. The van der Waals surface area contributed by atoms with E-state index in [0.717, 1.165) is 5.56 Å². The minimum atomic E-state index is -0.286. The van der Waals surface area contributed by atoms with Crippen LogP contribution in [0.4, 0.5) is 16.0 Å². The highest BCUT2D eigenvalue weighted by molar-refractivity contribution is 5.57. The van der Waals surface area contributed by atoms with Crippen LogP contribution in [0.5, 0.6) is 0 Å². The standard InChI is InChI=1S/C13H15FN4/c1-2-18(12-6-4-3-5-11(12)14)13-16-8-10(7-15)9-17-13/h3-6,8-9H,2,7,15H2,1H3. The van der Waals surface area contributed by atoms with Crippen LogP contribution in [-0.2, 0) is 6.54 Å². The lowest BCUT2D eigenvalue weighted by atomic mass is 10.3. The molecule has 0 spiro atoms. The second-order valence-electron chi connectivity index (χ2n) is 3.79. The summed E-state index contributed by atoms with van der Waals surface area (Å²) in [6.07, 6.45) is 3.32. The number of anilines is 2. The van der Waals surface area contributed by atoms with E-state index in [4.69, 9.17) is 5.73 Å². The summed E-state index contributed by atoms with van der Waals surface area (Å²) in [6.45, 7) is 2.90. The first-order valence-electron chi connectivity index (χ1n) is 5.79. The summed E-state index contributed by atoms with van der Waals surface area (Å²) in [7, 11) is 0. The first kappa shape index (κ1) is 12.4. The maximum absolute atomic E-state index is 13.7. The van der Waals surface area contributed by atoms with Crippen LogP contribution in [0.2, 0.25) is 0 Å². The van der Waals surface area contributed by atoms with Crippen molar-refractivity contribution in [1.82, 2.24) is 9.97 Å². The fourth-order valence-corrected chi connectivity index (χ4v) is 1.68. The van der Waals surface area contributed by atoms with Gasteiger partial charge in [-0.1, -0.05) is 12.1 Å². The van der Waals surface area contributed by atoms with Crippen molar-refractivity contribution >= 4 is 11.6 Å². The molecular weight excluding hydrogens is 231 g/mol. The molecule has 1 heterocycles. The molecule has 0 saturated heterocycles. The molecule has 0 aliphatic heterocycles. The van der Waals surface area contributed by atoms with Gasteiger partial charge in [-0.3, -0.25) is 0 Å². The summed E-state index contributed by atoms with van der Waals surface area (Å²) in [5.41, 5.74) is 6.81. The molecule has 0 aliphatic rings. The third-order valence-electron chi connectivity index (χ3n) is 2.63. The first-order valence-corrected chi connectivity index (χ1v) is 5.79. The minimum Gasteiger partial charge on any atom is -0.326 e. The molecule has 2 N–H and O–H groups in total. The van der Waals surface area contributed by atoms with Crippen molar-refractivity contribution in [2.24, 2.45) is 5.73 Å². The van der Waals surface area contributed by atoms with Crippen molar-refractivity contribution in [2.45, 2.75) is 13.5 Å². The second kappa shape index (κ2) is 5.55. The van der Waals surface area contributed by atoms with E-state index in [0.29, 0.717) is 24.7 Å². The number of hydrogen-bond acceptors (Lipinski definition) is 4. The Labute approximate surface area is 105 Å². The van der Waals surface area contributed by atoms with E-state index in [1.807, 2.05) is 6.92 Å². The Kier molecular flexibility index (Phi) is 3.84. The summed E-state index contributed by atoms with van der Waals surface area (Å²) in [5.74, 6) is 0.186. The Bertz CT molecular complexity index is 513. The van der Waals surface area contributed by atoms with E-state index in [1.54, 1.807) is 35.5 Å². The molecule has 1 aromatic carbocycles. The molecular formula is C13H15FN4. The molecule has 2 aromatic rings. The summed E-state index contributed by atoms with van der Waals surface area (Å²) < 4.78 is 13.7. The molecule has 0 radical (unpaired) electrons. The van der Waals surface area contributed by atoms with E-state index in [2.05, 4.69) is 9.97 Å². The molecule has 0 unspecified atom stereocenters. The van der Waals surface area contributed by atoms with Crippen LogP contribution in [0.3, 0.4) is 0 Å². The van der Waals surface area contributed by atoms with Crippen molar-refractivity contribution in [3.63, 3.8) is 0 Å². The molecule has 18 heavy (non-hydrogen) atoms. The molecule has 0 saturated carbocycles. The van der Waals surface area contributed by atoms with E-state index in [-0.39, 0.29) is 5.82 Å². The van der Waals surface area contributed by atoms with Gasteiger partial charge in [-0.15, -0.1) is 0 Å². The normalized spacial score (nSPS) is 10.4. The molecule has 0 aliphatic carbocycles. The number of nitrogens with two attached hydrogens (primary N) is 1. The SMILES string of the molecule is CCN(c1ncc(CN)cn1)c1ccccc1F. The van der Waals surface area contributed by atoms with Gasteiger partial charge in [-0.2, -0.15) is 0 Å². The van der Waals surface area contributed by atoms with E-state index < -0.39 is 0 Å². The maximum atomic E-state index is 13.7. The van der Waals surface area contributed by atoms with Gasteiger partial charge < -0.3 is 10.6 Å². The van der Waals surface area contributed by atoms with Gasteiger partial charge in [0.25, 0.3) is 0 Å². The highest BCUT2D eigenvalue weighted by atomic mass is 19.1. The number of para-hydroxylation sites is 1. The van der Waals surface area contributed by atoms with Crippen molar-refractivity contribution in [2.75, 3.05) is 11.4 Å². The zero-order chi connectivity index (χ0) is 13.0. The van der Waals surface area contributed by atoms with Gasteiger partial charge in [-0.25, -0.2) is 14.4 Å². The predicted octanol–water partition coefficient (Wildman–Crippen LogP) is 2.23. The van der Waals surface area contributed by atoms with Gasteiger partial charge in [0.15, 0.2) is 0 Å². The van der Waals surface area contributed by atoms with Crippen molar-refractivity contribution in [3.05, 3.63) is 48.0 Å². The number of rotatable bonds is 4. The van der Waals surface area contributed by atoms with Gasteiger partial charge >= 0.3 is 0 Å². The lowest BCUT2D eigenvalue weighted by Crippen LogP contribution is -2.20. The van der Waals surface area contributed by atoms with Gasteiger partial charge in [-0.05, 0) is 19.1 Å². The van der Waals surface area contributed by atoms with E-state index >= 15 is 0 Å². The highest BCUT2D eigenvalue weighted by Gasteiger charge is 2.13. The van der Waals surface area contributed by atoms with Crippen molar-refractivity contribution in [3.8, 4) is 0 Å². The van der Waals surface area contributed by atoms with Crippen LogP contribution in [0.15, 0.2) is 36.7 Å². The Morgan fingerprint density at radius 1 is 1.22 bits per heavy atom. The monoisotopic (exact) mass is 246 g/mol. The van der Waals surface area contributed by atoms with Gasteiger partial charge in [0.05, 0.1) is 5.69 Å². The Morgan fingerprint density at radius 3 is 2.44 bits per heavy atom. The van der Waals surface area contributed by atoms with Gasteiger partial charge in [0, 0.05) is 31.0 Å². The quantitative estimate of drug-likeness (QED) is 0.898. The Morgan fingerprint density at radius 2 is 1.89 bits per heavy atom. The number of halogens is 1. The van der Waals surface area contributed by atoms with Crippen molar-refractivity contribution < 1.29 is 4.39 Å². The highest BCUT2D eigenvalue weighted by Crippen LogP contribution is 2.24. The number of benzene rings is 1. The van der Waals surface area contributed by atoms with Crippen LogP contribution >= 0.6 is 0 Å². The smallest absolute Gasteiger partial charge is 0.229 e. The lowest BCUT2D eigenvalue weighted by Gasteiger charge is -2.21. The largest absolute Gasteiger partial charge is 0.326 e. The molecule has 0 amide bonds. The van der Waals surface area contributed by atoms with Gasteiger partial charge in [0.1, 0.15) is 5.82 Å². The minimum absolute atomic E-state index is 0.286. The van der Waals surface area contributed by atoms with Crippen LogP contribution in [-0.4, -0.2) is 16.5 Å². The Balaban J connectivity index is 2.36. The van der Waals surface area contributed by atoms with Crippen LogP contribution in [0.1, 0.15) is 12.5 Å². The topological polar surface area (TPSA) is 55.0 Å². The summed E-state index contributed by atoms with van der Waals surface area (Å²) in [4.78, 5) is 10.1. The zero-order valence-electron chi connectivity index (χ0n) is 10.2. The fourth-order valence-electron chi connectivity index (χ4n) is 1.68. The molecule has 0 bridgehead atoms.